The van der Waals surface area contributed by atoms with Gasteiger partial charge in [0.05, 0.1) is 12.7 Å². The first-order chi connectivity index (χ1) is 9.74. The number of amides is 1. The third-order valence-corrected chi connectivity index (χ3v) is 3.34. The Morgan fingerprint density at radius 3 is 2.76 bits per heavy atom. The summed E-state index contributed by atoms with van der Waals surface area (Å²) in [5.74, 6) is -0.778. The predicted octanol–water partition coefficient (Wildman–Crippen LogP) is 3.21. The molecule has 116 valence electrons. The van der Waals surface area contributed by atoms with E-state index in [9.17, 15) is 18.0 Å². The molecule has 1 saturated heterocycles. The fraction of sp³-hybridized carbons (Fsp3) is 0.462. The summed E-state index contributed by atoms with van der Waals surface area (Å²) in [6.07, 6.45) is -4.89. The molecule has 0 radical (unpaired) electrons. The summed E-state index contributed by atoms with van der Waals surface area (Å²) in [6, 6.07) is 3.71. The number of alkyl halides is 3. The van der Waals surface area contributed by atoms with E-state index in [0.717, 1.165) is 12.1 Å². The van der Waals surface area contributed by atoms with E-state index in [2.05, 4.69) is 20.7 Å². The van der Waals surface area contributed by atoms with E-state index in [0.29, 0.717) is 24.2 Å². The topological polar surface area (TPSA) is 38.8 Å². The van der Waals surface area contributed by atoms with E-state index < -0.39 is 12.1 Å². The molecular weight excluding hydrogens is 355 g/mol. The van der Waals surface area contributed by atoms with Crippen LogP contribution >= 0.6 is 15.9 Å². The zero-order valence-electron chi connectivity index (χ0n) is 11.1. The van der Waals surface area contributed by atoms with Crippen LogP contribution in [-0.2, 0) is 4.74 Å². The van der Waals surface area contributed by atoms with Crippen molar-refractivity contribution in [2.24, 2.45) is 0 Å². The van der Waals surface area contributed by atoms with Gasteiger partial charge in [-0.1, -0.05) is 15.9 Å². The standard InChI is InChI=1S/C13H13BrF3NO3/c1-8-7-18(2-3-20-8)12(19)9-4-10(14)6-11(5-9)21-13(15,16)17/h4-6,8H,2-3,7H2,1H3/t8-/m1/s1. The van der Waals surface area contributed by atoms with Crippen LogP contribution in [0.15, 0.2) is 22.7 Å². The summed E-state index contributed by atoms with van der Waals surface area (Å²) < 4.78 is 46.3. The van der Waals surface area contributed by atoms with Gasteiger partial charge in [-0.25, -0.2) is 0 Å². The molecule has 2 rings (SSSR count). The normalized spacial score (nSPS) is 19.5. The molecule has 21 heavy (non-hydrogen) atoms. The van der Waals surface area contributed by atoms with Crippen LogP contribution < -0.4 is 4.74 Å². The Labute approximate surface area is 127 Å². The van der Waals surface area contributed by atoms with Gasteiger partial charge < -0.3 is 14.4 Å². The third-order valence-electron chi connectivity index (χ3n) is 2.88. The van der Waals surface area contributed by atoms with E-state index >= 15 is 0 Å². The minimum atomic E-state index is -4.80. The maximum absolute atomic E-state index is 12.3. The second-order valence-corrected chi connectivity index (χ2v) is 5.57. The highest BCUT2D eigenvalue weighted by atomic mass is 79.9. The van der Waals surface area contributed by atoms with Crippen molar-refractivity contribution >= 4 is 21.8 Å². The van der Waals surface area contributed by atoms with Gasteiger partial charge in [-0.3, -0.25) is 4.79 Å². The molecule has 0 saturated carbocycles. The predicted molar refractivity (Wildman–Crippen MR) is 72.1 cm³/mol. The number of carbonyl (C=O) groups is 1. The van der Waals surface area contributed by atoms with Crippen molar-refractivity contribution in [3.8, 4) is 5.75 Å². The number of ether oxygens (including phenoxy) is 2. The molecule has 1 atom stereocenters. The summed E-state index contributed by atoms with van der Waals surface area (Å²) in [7, 11) is 0. The van der Waals surface area contributed by atoms with Crippen LogP contribution in [0.1, 0.15) is 17.3 Å². The van der Waals surface area contributed by atoms with Gasteiger partial charge >= 0.3 is 6.36 Å². The molecule has 0 spiro atoms. The lowest BCUT2D eigenvalue weighted by molar-refractivity contribution is -0.274. The Morgan fingerprint density at radius 1 is 1.43 bits per heavy atom. The first-order valence-electron chi connectivity index (χ1n) is 6.22. The summed E-state index contributed by atoms with van der Waals surface area (Å²) in [5, 5.41) is 0. The van der Waals surface area contributed by atoms with Crippen LogP contribution in [0.2, 0.25) is 0 Å². The van der Waals surface area contributed by atoms with Crippen molar-refractivity contribution in [2.75, 3.05) is 19.7 Å². The van der Waals surface area contributed by atoms with E-state index in [1.807, 2.05) is 6.92 Å². The number of hydrogen-bond acceptors (Lipinski definition) is 3. The second kappa shape index (κ2) is 6.23. The molecule has 1 fully saturated rings. The second-order valence-electron chi connectivity index (χ2n) is 4.66. The summed E-state index contributed by atoms with van der Waals surface area (Å²) in [6.45, 7) is 3.05. The average Bonchev–Trinajstić information content (AvgIpc) is 2.35. The van der Waals surface area contributed by atoms with E-state index in [1.54, 1.807) is 4.90 Å². The molecule has 0 unspecified atom stereocenters. The fourth-order valence-corrected chi connectivity index (χ4v) is 2.54. The summed E-state index contributed by atoms with van der Waals surface area (Å²) >= 11 is 3.08. The van der Waals surface area contributed by atoms with Crippen molar-refractivity contribution < 1.29 is 27.4 Å². The molecular formula is C13H13BrF3NO3. The number of halogens is 4. The lowest BCUT2D eigenvalue weighted by Gasteiger charge is -2.31. The number of hydrogen-bond donors (Lipinski definition) is 0. The van der Waals surface area contributed by atoms with Crippen LogP contribution in [0.25, 0.3) is 0 Å². The molecule has 0 aliphatic carbocycles. The Bertz CT molecular complexity index is 536. The van der Waals surface area contributed by atoms with Gasteiger partial charge in [-0.15, -0.1) is 13.2 Å². The molecule has 0 N–H and O–H groups in total. The smallest absolute Gasteiger partial charge is 0.406 e. The Hall–Kier alpha value is -1.28. The van der Waals surface area contributed by atoms with Crippen molar-refractivity contribution in [2.45, 2.75) is 19.4 Å². The van der Waals surface area contributed by atoms with Crippen molar-refractivity contribution in [1.29, 1.82) is 0 Å². The number of morpholine rings is 1. The van der Waals surface area contributed by atoms with E-state index in [4.69, 9.17) is 4.74 Å². The maximum atomic E-state index is 12.3. The number of rotatable bonds is 2. The van der Waals surface area contributed by atoms with E-state index in [-0.39, 0.29) is 17.6 Å². The maximum Gasteiger partial charge on any atom is 0.573 e. The molecule has 1 aliphatic heterocycles. The zero-order chi connectivity index (χ0) is 15.6. The summed E-state index contributed by atoms with van der Waals surface area (Å²) in [4.78, 5) is 13.9. The quantitative estimate of drug-likeness (QED) is 0.805. The summed E-state index contributed by atoms with van der Waals surface area (Å²) in [5.41, 5.74) is 0.137. The van der Waals surface area contributed by atoms with Crippen molar-refractivity contribution in [3.63, 3.8) is 0 Å². The van der Waals surface area contributed by atoms with Crippen molar-refractivity contribution in [3.05, 3.63) is 28.2 Å². The lowest BCUT2D eigenvalue weighted by Crippen LogP contribution is -2.44. The number of benzene rings is 1. The van der Waals surface area contributed by atoms with Gasteiger partial charge in [0.2, 0.25) is 0 Å². The van der Waals surface area contributed by atoms with Gasteiger partial charge in [0.15, 0.2) is 0 Å². The van der Waals surface area contributed by atoms with Gasteiger partial charge in [-0.05, 0) is 25.1 Å². The Balaban J connectivity index is 2.20. The van der Waals surface area contributed by atoms with Crippen LogP contribution in [-0.4, -0.2) is 43.0 Å². The van der Waals surface area contributed by atoms with Crippen molar-refractivity contribution in [1.82, 2.24) is 4.90 Å². The molecule has 1 aromatic rings. The Kier molecular flexibility index (Phi) is 4.77. The van der Waals surface area contributed by atoms with Crippen LogP contribution in [0.4, 0.5) is 13.2 Å². The van der Waals surface area contributed by atoms with Gasteiger partial charge in [0.25, 0.3) is 5.91 Å². The Morgan fingerprint density at radius 2 is 2.14 bits per heavy atom. The molecule has 0 aromatic heterocycles. The molecule has 1 aromatic carbocycles. The minimum absolute atomic E-state index is 0.0965. The first-order valence-corrected chi connectivity index (χ1v) is 7.01. The third kappa shape index (κ3) is 4.60. The highest BCUT2D eigenvalue weighted by Crippen LogP contribution is 2.28. The average molecular weight is 368 g/mol. The molecule has 1 heterocycles. The molecule has 4 nitrogen and oxygen atoms in total. The SMILES string of the molecule is C[C@@H]1CN(C(=O)c2cc(Br)cc(OC(F)(F)F)c2)CCO1. The largest absolute Gasteiger partial charge is 0.573 e. The first kappa shape index (κ1) is 16.1. The monoisotopic (exact) mass is 367 g/mol. The van der Waals surface area contributed by atoms with Gasteiger partial charge in [0, 0.05) is 23.1 Å². The molecule has 1 aliphatic rings. The van der Waals surface area contributed by atoms with E-state index in [1.165, 1.54) is 6.07 Å². The highest BCUT2D eigenvalue weighted by molar-refractivity contribution is 9.10. The molecule has 0 bridgehead atoms. The van der Waals surface area contributed by atoms with Gasteiger partial charge in [-0.2, -0.15) is 0 Å². The van der Waals surface area contributed by atoms with Crippen LogP contribution in [0, 0.1) is 0 Å². The van der Waals surface area contributed by atoms with Crippen LogP contribution in [0.5, 0.6) is 5.75 Å². The fourth-order valence-electron chi connectivity index (χ4n) is 2.06. The number of carbonyl (C=O) groups excluding carboxylic acids is 1. The molecule has 1 amide bonds. The van der Waals surface area contributed by atoms with Gasteiger partial charge in [0.1, 0.15) is 5.75 Å². The lowest BCUT2D eigenvalue weighted by atomic mass is 10.1. The van der Waals surface area contributed by atoms with Crippen LogP contribution in [0.3, 0.4) is 0 Å². The zero-order valence-corrected chi connectivity index (χ0v) is 12.7. The molecule has 8 heteroatoms. The number of nitrogens with zero attached hydrogens (tertiary/aromatic N) is 1. The highest BCUT2D eigenvalue weighted by Gasteiger charge is 2.32. The minimum Gasteiger partial charge on any atom is -0.406 e.